The van der Waals surface area contributed by atoms with Gasteiger partial charge in [0, 0.05) is 26.1 Å². The van der Waals surface area contributed by atoms with Crippen LogP contribution in [0.1, 0.15) is 65.0 Å². The van der Waals surface area contributed by atoms with Gasteiger partial charge in [0.15, 0.2) is 5.78 Å². The van der Waals surface area contributed by atoms with Gasteiger partial charge in [0.25, 0.3) is 0 Å². The smallest absolute Gasteiger partial charge is 0.246 e. The molecule has 13 heteroatoms. The van der Waals surface area contributed by atoms with Crippen molar-refractivity contribution in [3.05, 3.63) is 71.8 Å². The molecule has 2 aromatic rings. The first-order valence-electron chi connectivity index (χ1n) is 19.7. The number of hydrogen-bond donors (Lipinski definition) is 4. The molecule has 0 bridgehead atoms. The van der Waals surface area contributed by atoms with Gasteiger partial charge in [-0.1, -0.05) is 88.4 Å². The van der Waals surface area contributed by atoms with Crippen LogP contribution in [0, 0.1) is 11.8 Å². The van der Waals surface area contributed by atoms with E-state index in [1.165, 1.54) is 0 Å². The van der Waals surface area contributed by atoms with E-state index in [2.05, 4.69) is 26.2 Å². The Hall–Kier alpha value is -4.17. The molecule has 55 heavy (non-hydrogen) atoms. The summed E-state index contributed by atoms with van der Waals surface area (Å²) in [6.45, 7) is 13.6. The predicted octanol–water partition coefficient (Wildman–Crippen LogP) is 2.60. The van der Waals surface area contributed by atoms with Crippen molar-refractivity contribution in [2.24, 2.45) is 11.8 Å². The largest absolute Gasteiger partial charge is 0.379 e. The molecule has 2 heterocycles. The molecule has 0 spiro atoms. The lowest BCUT2D eigenvalue weighted by Gasteiger charge is -2.28. The summed E-state index contributed by atoms with van der Waals surface area (Å²) in [5.74, 6) is -2.07. The molecule has 5 atom stereocenters. The summed E-state index contributed by atoms with van der Waals surface area (Å²) in [4.78, 5) is 70.7. The van der Waals surface area contributed by atoms with Crippen LogP contribution in [0.15, 0.2) is 60.7 Å². The van der Waals surface area contributed by atoms with E-state index in [1.807, 2.05) is 88.4 Å². The van der Waals surface area contributed by atoms with Crippen LogP contribution in [0.3, 0.4) is 0 Å². The minimum atomic E-state index is -1.04. The summed E-state index contributed by atoms with van der Waals surface area (Å²) in [6.07, 6.45) is 1.66. The van der Waals surface area contributed by atoms with Gasteiger partial charge in [0.1, 0.15) is 30.3 Å². The molecule has 0 aromatic heterocycles. The van der Waals surface area contributed by atoms with Crippen molar-refractivity contribution in [2.75, 3.05) is 52.7 Å². The molecule has 4 amide bonds. The normalized spacial score (nSPS) is 19.2. The quantitative estimate of drug-likeness (QED) is 0.0983. The van der Waals surface area contributed by atoms with E-state index in [9.17, 15) is 24.0 Å². The van der Waals surface area contributed by atoms with E-state index < -0.39 is 53.4 Å². The van der Waals surface area contributed by atoms with Gasteiger partial charge in [-0.15, -0.1) is 0 Å². The van der Waals surface area contributed by atoms with Gasteiger partial charge in [0.2, 0.25) is 23.6 Å². The lowest BCUT2D eigenvalue weighted by atomic mass is 9.93. The number of ketones is 1. The average Bonchev–Trinajstić information content (AvgIpc) is 3.92. The molecule has 1 unspecified atom stereocenters. The Morgan fingerprint density at radius 2 is 1.25 bits per heavy atom. The Bertz CT molecular complexity index is 1530. The summed E-state index contributed by atoms with van der Waals surface area (Å²) < 4.78 is 16.5. The first-order valence-corrected chi connectivity index (χ1v) is 19.7. The van der Waals surface area contributed by atoms with Crippen molar-refractivity contribution in [1.29, 1.82) is 0 Å². The van der Waals surface area contributed by atoms with Crippen LogP contribution in [-0.2, 0) is 51.0 Å². The number of Topliss-reactive ketones (excluding diaryl/α,β-unsaturated/α-hetero) is 1. The molecule has 0 aliphatic carbocycles. The summed E-state index contributed by atoms with van der Waals surface area (Å²) in [6, 6.07) is 15.1. The number of aryl methyl sites for hydroxylation is 1. The molecule has 0 radical (unpaired) electrons. The number of epoxide rings is 1. The molecular weight excluding hydrogens is 702 g/mol. The van der Waals surface area contributed by atoms with Crippen molar-refractivity contribution in [2.45, 2.75) is 96.5 Å². The van der Waals surface area contributed by atoms with Crippen molar-refractivity contribution >= 4 is 29.4 Å². The van der Waals surface area contributed by atoms with Crippen LogP contribution in [0.2, 0.25) is 0 Å². The maximum Gasteiger partial charge on any atom is 0.246 e. The minimum absolute atomic E-state index is 0.00186. The number of amides is 4. The van der Waals surface area contributed by atoms with Gasteiger partial charge >= 0.3 is 0 Å². The molecule has 13 nitrogen and oxygen atoms in total. The SMILES string of the molecule is CC(C)CC(NC(=O)[C@H](Cc1ccccc1)NC(=O)[C@H](CC(C)C)NC(=O)[C@H](CCc1ccccc1)NC(=O)COCCN1CCOCC1)C(=O)[C@@]1(C)CO1. The average molecular weight is 764 g/mol. The highest BCUT2D eigenvalue weighted by Crippen LogP contribution is 2.29. The Kier molecular flexibility index (Phi) is 17.3. The number of hydrogen-bond acceptors (Lipinski definition) is 9. The number of nitrogens with one attached hydrogen (secondary N) is 4. The van der Waals surface area contributed by atoms with Crippen molar-refractivity contribution < 1.29 is 38.2 Å². The van der Waals surface area contributed by atoms with Crippen molar-refractivity contribution in [3.8, 4) is 0 Å². The highest BCUT2D eigenvalue weighted by Gasteiger charge is 2.50. The molecule has 4 rings (SSSR count). The third kappa shape index (κ3) is 15.1. The number of nitrogens with zero attached hydrogens (tertiary/aromatic N) is 1. The minimum Gasteiger partial charge on any atom is -0.379 e. The summed E-state index contributed by atoms with van der Waals surface area (Å²) in [5.41, 5.74) is 0.880. The van der Waals surface area contributed by atoms with Gasteiger partial charge in [-0.3, -0.25) is 28.9 Å². The summed E-state index contributed by atoms with van der Waals surface area (Å²) in [7, 11) is 0. The molecular formula is C42H61N5O8. The zero-order chi connectivity index (χ0) is 39.8. The van der Waals surface area contributed by atoms with Crippen LogP contribution in [0.5, 0.6) is 0 Å². The fourth-order valence-electron chi connectivity index (χ4n) is 6.54. The van der Waals surface area contributed by atoms with Crippen LogP contribution in [0.4, 0.5) is 0 Å². The second-order valence-electron chi connectivity index (χ2n) is 15.7. The van der Waals surface area contributed by atoms with Crippen LogP contribution >= 0.6 is 0 Å². The highest BCUT2D eigenvalue weighted by atomic mass is 16.6. The highest BCUT2D eigenvalue weighted by molar-refractivity contribution is 5.98. The number of carbonyl (C=O) groups excluding carboxylic acids is 5. The van der Waals surface area contributed by atoms with E-state index in [0.717, 1.165) is 24.2 Å². The second-order valence-corrected chi connectivity index (χ2v) is 15.7. The second kappa shape index (κ2) is 21.8. The molecule has 2 aliphatic heterocycles. The molecule has 2 fully saturated rings. The van der Waals surface area contributed by atoms with E-state index in [0.29, 0.717) is 52.2 Å². The molecule has 4 N–H and O–H groups in total. The van der Waals surface area contributed by atoms with Gasteiger partial charge in [-0.25, -0.2) is 0 Å². The van der Waals surface area contributed by atoms with Crippen LogP contribution in [0.25, 0.3) is 0 Å². The zero-order valence-corrected chi connectivity index (χ0v) is 33.1. The fourth-order valence-corrected chi connectivity index (χ4v) is 6.54. The number of carbonyl (C=O) groups is 5. The standard InChI is InChI=1S/C42H61N5O8/c1-29(2)24-34(38(49)42(5)28-55-42)44-41(52)36(26-32-14-10-7-11-15-32)46-40(51)35(25-30(3)4)45-39(50)33(17-16-31-12-8-6-9-13-31)43-37(48)27-54-23-20-47-18-21-53-22-19-47/h6-15,29-30,33-36H,16-28H2,1-5H3,(H,43,48)(H,44,52)(H,45,50)(H,46,51)/t33-,34?,35-,36-,42+/m0/s1. The summed E-state index contributed by atoms with van der Waals surface area (Å²) in [5, 5.41) is 11.5. The van der Waals surface area contributed by atoms with Crippen molar-refractivity contribution in [3.63, 3.8) is 0 Å². The monoisotopic (exact) mass is 763 g/mol. The lowest BCUT2D eigenvalue weighted by molar-refractivity contribution is -0.135. The molecule has 302 valence electrons. The maximum atomic E-state index is 14.1. The van der Waals surface area contributed by atoms with Gasteiger partial charge in [-0.05, 0) is 55.6 Å². The third-order valence-corrected chi connectivity index (χ3v) is 9.80. The molecule has 2 aromatic carbocycles. The van der Waals surface area contributed by atoms with E-state index >= 15 is 0 Å². The summed E-state index contributed by atoms with van der Waals surface area (Å²) >= 11 is 0. The molecule has 2 saturated heterocycles. The van der Waals surface area contributed by atoms with Crippen molar-refractivity contribution in [1.82, 2.24) is 26.2 Å². The Balaban J connectivity index is 1.46. The Labute approximate surface area is 326 Å². The number of morpholine rings is 1. The van der Waals surface area contributed by atoms with Crippen LogP contribution in [-0.4, -0.2) is 117 Å². The maximum absolute atomic E-state index is 14.1. The first kappa shape index (κ1) is 43.6. The van der Waals surface area contributed by atoms with Gasteiger partial charge in [0.05, 0.1) is 32.5 Å². The fraction of sp³-hybridized carbons (Fsp3) is 0.595. The molecule has 2 aliphatic rings. The number of rotatable bonds is 23. The predicted molar refractivity (Wildman–Crippen MR) is 209 cm³/mol. The number of ether oxygens (including phenoxy) is 3. The Morgan fingerprint density at radius 1 is 0.727 bits per heavy atom. The topological polar surface area (TPSA) is 168 Å². The zero-order valence-electron chi connectivity index (χ0n) is 33.1. The molecule has 0 saturated carbocycles. The number of benzene rings is 2. The van der Waals surface area contributed by atoms with Gasteiger partial charge in [-0.2, -0.15) is 0 Å². The lowest BCUT2D eigenvalue weighted by Crippen LogP contribution is -2.59. The van der Waals surface area contributed by atoms with E-state index in [1.54, 1.807) is 6.92 Å². The Morgan fingerprint density at radius 3 is 1.85 bits per heavy atom. The van der Waals surface area contributed by atoms with Crippen LogP contribution < -0.4 is 21.3 Å². The van der Waals surface area contributed by atoms with E-state index in [4.69, 9.17) is 14.2 Å². The van der Waals surface area contributed by atoms with E-state index in [-0.39, 0.29) is 37.1 Å². The first-order chi connectivity index (χ1) is 26.3. The third-order valence-electron chi connectivity index (χ3n) is 9.80. The van der Waals surface area contributed by atoms with Gasteiger partial charge < -0.3 is 35.5 Å².